The Kier molecular flexibility index (Phi) is 5.12. The van der Waals surface area contributed by atoms with Crippen molar-refractivity contribution in [2.75, 3.05) is 45.1 Å². The minimum atomic E-state index is 0.00111. The minimum absolute atomic E-state index is 0.00111. The van der Waals surface area contributed by atoms with Gasteiger partial charge in [-0.05, 0) is 26.0 Å². The van der Waals surface area contributed by atoms with E-state index in [1.165, 1.54) is 0 Å². The zero-order valence-electron chi connectivity index (χ0n) is 13.4. The number of likely N-dealkylation sites (N-methyl/N-ethyl adjacent to an activating group) is 1. The number of amides is 1. The highest BCUT2D eigenvalue weighted by Crippen LogP contribution is 2.10. The third kappa shape index (κ3) is 4.39. The maximum Gasteiger partial charge on any atom is 0.272 e. The molecule has 0 saturated carbocycles. The van der Waals surface area contributed by atoms with Crippen LogP contribution in [0.1, 0.15) is 30.0 Å². The molecule has 0 atom stereocenters. The molecule has 0 aliphatic carbocycles. The van der Waals surface area contributed by atoms with Crippen LogP contribution in [0, 0.1) is 12.8 Å². The lowest BCUT2D eigenvalue weighted by Crippen LogP contribution is -2.47. The van der Waals surface area contributed by atoms with Gasteiger partial charge in [-0.15, -0.1) is 0 Å². The predicted molar refractivity (Wildman–Crippen MR) is 83.5 cm³/mol. The summed E-state index contributed by atoms with van der Waals surface area (Å²) in [4.78, 5) is 25.4. The van der Waals surface area contributed by atoms with E-state index in [1.54, 1.807) is 6.07 Å². The Balaban J connectivity index is 2.09. The van der Waals surface area contributed by atoms with Crippen molar-refractivity contribution in [3.63, 3.8) is 0 Å². The van der Waals surface area contributed by atoms with Gasteiger partial charge < -0.3 is 15.1 Å². The molecule has 0 unspecified atom stereocenters. The molecule has 1 N–H and O–H groups in total. The summed E-state index contributed by atoms with van der Waals surface area (Å²) in [7, 11) is 2.07. The van der Waals surface area contributed by atoms with Gasteiger partial charge in [0.15, 0.2) is 0 Å². The predicted octanol–water partition coefficient (Wildman–Crippen LogP) is 1.24. The summed E-state index contributed by atoms with van der Waals surface area (Å²) < 4.78 is 0. The van der Waals surface area contributed by atoms with Gasteiger partial charge in [-0.3, -0.25) is 4.79 Å². The molecule has 1 aromatic rings. The lowest BCUT2D eigenvalue weighted by molar-refractivity contribution is 0.0658. The fourth-order valence-corrected chi connectivity index (χ4v) is 2.22. The number of carbonyl (C=O) groups is 1. The molecule has 0 radical (unpaired) electrons. The molecule has 6 heteroatoms. The van der Waals surface area contributed by atoms with Crippen LogP contribution in [0.5, 0.6) is 0 Å². The standard InChI is InChI=1S/C15H25N5O/c1-11(2)10-16-15-17-12(3)9-13(18-15)14(21)20-7-5-19(4)6-8-20/h9,11H,5-8,10H2,1-4H3,(H,16,17,18). The molecular formula is C15H25N5O. The van der Waals surface area contributed by atoms with E-state index in [2.05, 4.69) is 41.1 Å². The Morgan fingerprint density at radius 1 is 1.29 bits per heavy atom. The second kappa shape index (κ2) is 6.85. The second-order valence-electron chi connectivity index (χ2n) is 6.09. The summed E-state index contributed by atoms with van der Waals surface area (Å²) in [5.74, 6) is 1.05. The molecular weight excluding hydrogens is 266 g/mol. The van der Waals surface area contributed by atoms with Crippen LogP contribution >= 0.6 is 0 Å². The normalized spacial score (nSPS) is 16.3. The Labute approximate surface area is 126 Å². The highest BCUT2D eigenvalue weighted by molar-refractivity contribution is 5.92. The monoisotopic (exact) mass is 291 g/mol. The summed E-state index contributed by atoms with van der Waals surface area (Å²) in [5, 5.41) is 3.19. The number of piperazine rings is 1. The fourth-order valence-electron chi connectivity index (χ4n) is 2.22. The van der Waals surface area contributed by atoms with E-state index >= 15 is 0 Å². The highest BCUT2D eigenvalue weighted by Gasteiger charge is 2.22. The number of carbonyl (C=O) groups excluding carboxylic acids is 1. The molecule has 116 valence electrons. The average molecular weight is 291 g/mol. The minimum Gasteiger partial charge on any atom is -0.354 e. The molecule has 2 heterocycles. The number of hydrogen-bond donors (Lipinski definition) is 1. The number of rotatable bonds is 4. The maximum atomic E-state index is 12.5. The summed E-state index contributed by atoms with van der Waals surface area (Å²) in [6.07, 6.45) is 0. The molecule has 1 fully saturated rings. The van der Waals surface area contributed by atoms with Crippen molar-refractivity contribution in [1.29, 1.82) is 0 Å². The van der Waals surface area contributed by atoms with E-state index in [1.807, 2.05) is 11.8 Å². The van der Waals surface area contributed by atoms with E-state index in [0.29, 0.717) is 17.6 Å². The van der Waals surface area contributed by atoms with Gasteiger partial charge in [0.25, 0.3) is 5.91 Å². The molecule has 1 amide bonds. The zero-order chi connectivity index (χ0) is 15.4. The van der Waals surface area contributed by atoms with Crippen molar-refractivity contribution in [2.45, 2.75) is 20.8 Å². The van der Waals surface area contributed by atoms with Crippen LogP contribution in [-0.4, -0.2) is 65.4 Å². The van der Waals surface area contributed by atoms with E-state index in [0.717, 1.165) is 38.4 Å². The van der Waals surface area contributed by atoms with Gasteiger partial charge in [0.05, 0.1) is 0 Å². The molecule has 21 heavy (non-hydrogen) atoms. The molecule has 0 bridgehead atoms. The summed E-state index contributed by atoms with van der Waals surface area (Å²) >= 11 is 0. The van der Waals surface area contributed by atoms with Crippen LogP contribution in [0.4, 0.5) is 5.95 Å². The Morgan fingerprint density at radius 3 is 2.57 bits per heavy atom. The molecule has 1 aliphatic rings. The lowest BCUT2D eigenvalue weighted by Gasteiger charge is -2.32. The smallest absolute Gasteiger partial charge is 0.272 e. The van der Waals surface area contributed by atoms with Crippen LogP contribution in [0.2, 0.25) is 0 Å². The molecule has 0 aromatic carbocycles. The van der Waals surface area contributed by atoms with E-state index in [9.17, 15) is 4.79 Å². The third-order valence-corrected chi connectivity index (χ3v) is 3.53. The number of aryl methyl sites for hydroxylation is 1. The average Bonchev–Trinajstić information content (AvgIpc) is 2.44. The quantitative estimate of drug-likeness (QED) is 0.904. The van der Waals surface area contributed by atoms with Crippen molar-refractivity contribution in [3.8, 4) is 0 Å². The van der Waals surface area contributed by atoms with Gasteiger partial charge in [-0.25, -0.2) is 9.97 Å². The topological polar surface area (TPSA) is 61.4 Å². The molecule has 2 rings (SSSR count). The number of nitrogens with zero attached hydrogens (tertiary/aromatic N) is 4. The van der Waals surface area contributed by atoms with Crippen molar-refractivity contribution >= 4 is 11.9 Å². The van der Waals surface area contributed by atoms with Crippen molar-refractivity contribution in [2.24, 2.45) is 5.92 Å². The van der Waals surface area contributed by atoms with E-state index in [-0.39, 0.29) is 5.91 Å². The van der Waals surface area contributed by atoms with Gasteiger partial charge in [0.1, 0.15) is 5.69 Å². The van der Waals surface area contributed by atoms with Gasteiger partial charge >= 0.3 is 0 Å². The highest BCUT2D eigenvalue weighted by atomic mass is 16.2. The molecule has 1 aliphatic heterocycles. The first-order valence-corrected chi connectivity index (χ1v) is 7.53. The van der Waals surface area contributed by atoms with Gasteiger partial charge in [0, 0.05) is 38.4 Å². The van der Waals surface area contributed by atoms with E-state index < -0.39 is 0 Å². The number of anilines is 1. The first-order chi connectivity index (χ1) is 9.95. The van der Waals surface area contributed by atoms with Crippen molar-refractivity contribution in [3.05, 3.63) is 17.5 Å². The first kappa shape index (κ1) is 15.7. The number of nitrogens with one attached hydrogen (secondary N) is 1. The summed E-state index contributed by atoms with van der Waals surface area (Å²) in [6.45, 7) is 10.3. The largest absolute Gasteiger partial charge is 0.354 e. The van der Waals surface area contributed by atoms with E-state index in [4.69, 9.17) is 0 Å². The molecule has 1 saturated heterocycles. The summed E-state index contributed by atoms with van der Waals surface area (Å²) in [6, 6.07) is 1.77. The molecule has 0 spiro atoms. The first-order valence-electron chi connectivity index (χ1n) is 7.53. The van der Waals surface area contributed by atoms with Crippen LogP contribution in [0.25, 0.3) is 0 Å². The Hall–Kier alpha value is -1.69. The van der Waals surface area contributed by atoms with Crippen LogP contribution < -0.4 is 5.32 Å². The fraction of sp³-hybridized carbons (Fsp3) is 0.667. The van der Waals surface area contributed by atoms with Crippen molar-refractivity contribution < 1.29 is 4.79 Å². The Bertz CT molecular complexity index is 495. The molecule has 6 nitrogen and oxygen atoms in total. The SMILES string of the molecule is Cc1cc(C(=O)N2CCN(C)CC2)nc(NCC(C)C)n1. The van der Waals surface area contributed by atoms with Crippen LogP contribution in [0.15, 0.2) is 6.07 Å². The van der Waals surface area contributed by atoms with Gasteiger partial charge in [-0.2, -0.15) is 0 Å². The summed E-state index contributed by atoms with van der Waals surface area (Å²) in [5.41, 5.74) is 1.30. The van der Waals surface area contributed by atoms with Crippen LogP contribution in [0.3, 0.4) is 0 Å². The maximum absolute atomic E-state index is 12.5. The van der Waals surface area contributed by atoms with Gasteiger partial charge in [0.2, 0.25) is 5.95 Å². The zero-order valence-corrected chi connectivity index (χ0v) is 13.4. The number of hydrogen-bond acceptors (Lipinski definition) is 5. The number of aromatic nitrogens is 2. The Morgan fingerprint density at radius 2 is 1.95 bits per heavy atom. The van der Waals surface area contributed by atoms with Crippen LogP contribution in [-0.2, 0) is 0 Å². The lowest BCUT2D eigenvalue weighted by atomic mass is 10.2. The second-order valence-corrected chi connectivity index (χ2v) is 6.09. The van der Waals surface area contributed by atoms with Crippen molar-refractivity contribution in [1.82, 2.24) is 19.8 Å². The molecule has 1 aromatic heterocycles. The third-order valence-electron chi connectivity index (χ3n) is 3.53. The van der Waals surface area contributed by atoms with Gasteiger partial charge in [-0.1, -0.05) is 13.8 Å².